The molecule has 2 aromatic rings. The molecule has 0 aliphatic carbocycles. The standard InChI is InChI=1S/C25H28N8O4S2/c1-27-29-23(31-33(3)25(39)19-13-17(35-5)9-11-21(19)37-7)14-22(28-15-26)30-32(2)24(38)18-12-16(34-4)8-10-20(18)36-6/h8-13H,14H2,2-7H3,(H,28,30)(H,29,31). The third kappa shape index (κ3) is 8.16. The summed E-state index contributed by atoms with van der Waals surface area (Å²) in [5, 5.41) is 16.1. The molecule has 204 valence electrons. The Kier molecular flexibility index (Phi) is 11.7. The van der Waals surface area contributed by atoms with E-state index in [1.165, 1.54) is 24.2 Å². The van der Waals surface area contributed by atoms with Gasteiger partial charge in [0.1, 0.15) is 43.9 Å². The SMILES string of the molecule is [C-]#[N+]/N=C(/CC(=NC#N)NN(C)C(=S)c1cc(OC)ccc1OC)NN(C)C(=S)c1cc(OC)ccc1OC. The number of benzene rings is 2. The van der Waals surface area contributed by atoms with E-state index in [-0.39, 0.29) is 18.1 Å². The maximum Gasteiger partial charge on any atom is 0.211 e. The minimum atomic E-state index is -0.0552. The lowest BCUT2D eigenvalue weighted by molar-refractivity contribution is 0.399. The van der Waals surface area contributed by atoms with Gasteiger partial charge in [0.25, 0.3) is 0 Å². The van der Waals surface area contributed by atoms with Crippen molar-refractivity contribution in [3.8, 4) is 29.2 Å². The summed E-state index contributed by atoms with van der Waals surface area (Å²) in [6.45, 7) is 7.24. The van der Waals surface area contributed by atoms with E-state index in [0.717, 1.165) is 0 Å². The molecule has 2 N–H and O–H groups in total. The highest BCUT2D eigenvalue weighted by molar-refractivity contribution is 7.81. The molecule has 12 nitrogen and oxygen atoms in total. The Balaban J connectivity index is 2.23. The van der Waals surface area contributed by atoms with E-state index >= 15 is 0 Å². The molecule has 0 spiro atoms. The normalized spacial score (nSPS) is 10.9. The van der Waals surface area contributed by atoms with Crippen molar-refractivity contribution < 1.29 is 18.9 Å². The zero-order chi connectivity index (χ0) is 28.9. The van der Waals surface area contributed by atoms with Gasteiger partial charge in [-0.25, -0.2) is 0 Å². The fourth-order valence-corrected chi connectivity index (χ4v) is 3.70. The first-order valence-corrected chi connectivity index (χ1v) is 12.0. The van der Waals surface area contributed by atoms with Crippen molar-refractivity contribution in [2.24, 2.45) is 10.1 Å². The largest absolute Gasteiger partial charge is 0.497 e. The number of hydrogen-bond acceptors (Lipinski definition) is 9. The molecule has 0 bridgehead atoms. The van der Waals surface area contributed by atoms with E-state index in [2.05, 4.69) is 25.9 Å². The van der Waals surface area contributed by atoms with Gasteiger partial charge >= 0.3 is 0 Å². The quantitative estimate of drug-likeness (QED) is 0.122. The van der Waals surface area contributed by atoms with Crippen LogP contribution in [-0.4, -0.2) is 74.2 Å². The molecule has 0 heterocycles. The van der Waals surface area contributed by atoms with Crippen LogP contribution < -0.4 is 29.8 Å². The average Bonchev–Trinajstić information content (AvgIpc) is 2.95. The molecule has 2 aromatic carbocycles. The highest BCUT2D eigenvalue weighted by Crippen LogP contribution is 2.26. The molecule has 0 aromatic heterocycles. The first-order chi connectivity index (χ1) is 18.7. The number of thiocarbonyl (C=S) groups is 2. The summed E-state index contributed by atoms with van der Waals surface area (Å²) in [7, 11) is 9.48. The van der Waals surface area contributed by atoms with Crippen molar-refractivity contribution in [1.29, 1.82) is 5.26 Å². The van der Waals surface area contributed by atoms with Crippen LogP contribution >= 0.6 is 24.4 Å². The van der Waals surface area contributed by atoms with E-state index in [0.29, 0.717) is 44.1 Å². The van der Waals surface area contributed by atoms with E-state index < -0.39 is 0 Å². The van der Waals surface area contributed by atoms with Crippen molar-refractivity contribution >= 4 is 46.1 Å². The van der Waals surface area contributed by atoms with Gasteiger partial charge in [-0.05, 0) is 36.4 Å². The lowest BCUT2D eigenvalue weighted by Gasteiger charge is -2.25. The van der Waals surface area contributed by atoms with Crippen LogP contribution in [0.25, 0.3) is 4.95 Å². The molecule has 0 saturated carbocycles. The van der Waals surface area contributed by atoms with Crippen LogP contribution in [0.15, 0.2) is 46.5 Å². The molecule has 0 fully saturated rings. The maximum atomic E-state index is 9.28. The first-order valence-electron chi connectivity index (χ1n) is 11.1. The van der Waals surface area contributed by atoms with Crippen molar-refractivity contribution in [2.45, 2.75) is 6.42 Å². The van der Waals surface area contributed by atoms with Crippen LogP contribution in [0.3, 0.4) is 0 Å². The monoisotopic (exact) mass is 568 g/mol. The van der Waals surface area contributed by atoms with Gasteiger partial charge in [-0.2, -0.15) is 16.8 Å². The summed E-state index contributed by atoms with van der Waals surface area (Å²) >= 11 is 11.2. The van der Waals surface area contributed by atoms with Gasteiger partial charge in [0.2, 0.25) is 12.0 Å². The fourth-order valence-electron chi connectivity index (χ4n) is 3.29. The molecular formula is C25H28N8O4S2. The Morgan fingerprint density at radius 1 is 0.872 bits per heavy atom. The van der Waals surface area contributed by atoms with Gasteiger partial charge < -0.3 is 18.9 Å². The molecule has 0 amide bonds. The molecule has 39 heavy (non-hydrogen) atoms. The Hall–Kier alpha value is -4.66. The van der Waals surface area contributed by atoms with Crippen LogP contribution in [0, 0.1) is 18.0 Å². The average molecular weight is 569 g/mol. The summed E-state index contributed by atoms with van der Waals surface area (Å²) in [6.07, 6.45) is 1.70. The van der Waals surface area contributed by atoms with Crippen LogP contribution in [0.5, 0.6) is 23.0 Å². The lowest BCUT2D eigenvalue weighted by Crippen LogP contribution is -2.47. The third-order valence-corrected chi connectivity index (χ3v) is 6.16. The maximum absolute atomic E-state index is 9.28. The van der Waals surface area contributed by atoms with Gasteiger partial charge in [-0.15, -0.1) is 4.95 Å². The van der Waals surface area contributed by atoms with Gasteiger partial charge in [-0.3, -0.25) is 20.9 Å². The summed E-state index contributed by atoms with van der Waals surface area (Å²) in [4.78, 5) is 7.66. The number of aliphatic imine (C=N–C) groups is 1. The molecule has 0 atom stereocenters. The number of nitrogens with zero attached hydrogens (tertiary/aromatic N) is 6. The number of hydrogen-bond donors (Lipinski definition) is 2. The van der Waals surface area contributed by atoms with Crippen LogP contribution in [-0.2, 0) is 0 Å². The van der Waals surface area contributed by atoms with E-state index in [9.17, 15) is 5.26 Å². The molecule has 2 rings (SSSR count). The number of nitrogens with one attached hydrogen (secondary N) is 2. The minimum absolute atomic E-state index is 0.0552. The topological polar surface area (TPSA) is 120 Å². The minimum Gasteiger partial charge on any atom is -0.497 e. The molecule has 0 saturated heterocycles. The number of amidine groups is 2. The molecular weight excluding hydrogens is 540 g/mol. The van der Waals surface area contributed by atoms with Crippen LogP contribution in [0.2, 0.25) is 0 Å². The summed E-state index contributed by atoms with van der Waals surface area (Å²) < 4.78 is 21.4. The Labute approximate surface area is 238 Å². The first kappa shape index (κ1) is 30.6. The molecule has 0 unspecified atom stereocenters. The van der Waals surface area contributed by atoms with Crippen molar-refractivity contribution in [2.75, 3.05) is 42.5 Å². The van der Waals surface area contributed by atoms with E-state index in [1.807, 2.05) is 0 Å². The third-order valence-electron chi connectivity index (χ3n) is 5.17. The van der Waals surface area contributed by atoms with Crippen molar-refractivity contribution in [1.82, 2.24) is 20.9 Å². The van der Waals surface area contributed by atoms with Gasteiger partial charge in [0.05, 0.1) is 46.0 Å². The lowest BCUT2D eigenvalue weighted by atomic mass is 10.2. The predicted octanol–water partition coefficient (Wildman–Crippen LogP) is 3.15. The zero-order valence-electron chi connectivity index (χ0n) is 22.3. The van der Waals surface area contributed by atoms with E-state index in [1.54, 1.807) is 70.9 Å². The Bertz CT molecular complexity index is 1250. The summed E-state index contributed by atoms with van der Waals surface area (Å²) in [5.74, 6) is 2.59. The van der Waals surface area contributed by atoms with Gasteiger partial charge in [-0.1, -0.05) is 24.4 Å². The number of rotatable bonds is 8. The van der Waals surface area contributed by atoms with Gasteiger partial charge in [0.15, 0.2) is 0 Å². The van der Waals surface area contributed by atoms with Crippen molar-refractivity contribution in [3.63, 3.8) is 0 Å². The molecule has 0 radical (unpaired) electrons. The summed E-state index contributed by atoms with van der Waals surface area (Å²) in [5.41, 5.74) is 7.12. The predicted molar refractivity (Wildman–Crippen MR) is 156 cm³/mol. The number of methoxy groups -OCH3 is 4. The van der Waals surface area contributed by atoms with E-state index in [4.69, 9.17) is 50.0 Å². The van der Waals surface area contributed by atoms with Crippen LogP contribution in [0.1, 0.15) is 17.5 Å². The second-order valence-electron chi connectivity index (χ2n) is 7.57. The number of hydrazine groups is 2. The second kappa shape index (κ2) is 14.9. The summed E-state index contributed by atoms with van der Waals surface area (Å²) in [6, 6.07) is 10.4. The Morgan fingerprint density at radius 2 is 1.33 bits per heavy atom. The molecule has 0 aliphatic rings. The molecule has 0 aliphatic heterocycles. The number of nitriles is 1. The van der Waals surface area contributed by atoms with Crippen molar-refractivity contribution in [3.05, 3.63) is 59.1 Å². The highest BCUT2D eigenvalue weighted by Gasteiger charge is 2.20. The highest BCUT2D eigenvalue weighted by atomic mass is 32.1. The second-order valence-corrected chi connectivity index (χ2v) is 8.34. The number of ether oxygens (including phenoxy) is 4. The molecule has 14 heteroatoms. The smallest absolute Gasteiger partial charge is 0.211 e. The Morgan fingerprint density at radius 3 is 1.72 bits per heavy atom. The fraction of sp³-hybridized carbons (Fsp3) is 0.280. The zero-order valence-corrected chi connectivity index (χ0v) is 23.9. The van der Waals surface area contributed by atoms with Crippen LogP contribution in [0.4, 0.5) is 0 Å². The van der Waals surface area contributed by atoms with Gasteiger partial charge in [0, 0.05) is 14.1 Å².